The van der Waals surface area contributed by atoms with Crippen LogP contribution in [0.3, 0.4) is 0 Å². The highest BCUT2D eigenvalue weighted by Gasteiger charge is 2.32. The monoisotopic (exact) mass is 352 g/mol. The summed E-state index contributed by atoms with van der Waals surface area (Å²) in [5, 5.41) is 0. The maximum atomic E-state index is 13.0. The van der Waals surface area contributed by atoms with Crippen molar-refractivity contribution >= 4 is 5.91 Å². The number of amides is 1. The van der Waals surface area contributed by atoms with Crippen molar-refractivity contribution < 1.29 is 14.3 Å². The largest absolute Gasteiger partial charge is 0.454 e. The Morgan fingerprint density at radius 1 is 1.00 bits per heavy atom. The molecule has 2 atom stereocenters. The molecule has 5 heteroatoms. The third-order valence-electron chi connectivity index (χ3n) is 5.22. The summed E-state index contributed by atoms with van der Waals surface area (Å²) in [6.45, 7) is 6.97. The van der Waals surface area contributed by atoms with Gasteiger partial charge < -0.3 is 14.4 Å². The molecule has 0 radical (unpaired) electrons. The van der Waals surface area contributed by atoms with Crippen LogP contribution in [0.4, 0.5) is 0 Å². The fourth-order valence-corrected chi connectivity index (χ4v) is 3.84. The van der Waals surface area contributed by atoms with Gasteiger partial charge in [0.2, 0.25) is 6.79 Å². The summed E-state index contributed by atoms with van der Waals surface area (Å²) < 4.78 is 10.7. The average molecular weight is 352 g/mol. The second kappa shape index (κ2) is 7.00. The molecule has 0 aliphatic carbocycles. The SMILES string of the molecule is CC1CN(C(=O)c2ccc3c(c2)OCO3)CC(C)N1Cc1ccccc1. The van der Waals surface area contributed by atoms with Crippen LogP contribution in [0.5, 0.6) is 11.5 Å². The Morgan fingerprint density at radius 3 is 2.42 bits per heavy atom. The topological polar surface area (TPSA) is 42.0 Å². The van der Waals surface area contributed by atoms with Gasteiger partial charge in [-0.25, -0.2) is 0 Å². The molecule has 0 bridgehead atoms. The van der Waals surface area contributed by atoms with Gasteiger partial charge in [-0.1, -0.05) is 30.3 Å². The van der Waals surface area contributed by atoms with E-state index in [1.165, 1.54) is 5.56 Å². The molecule has 0 aromatic heterocycles. The number of hydrogen-bond acceptors (Lipinski definition) is 4. The molecule has 2 aromatic carbocycles. The first-order valence-corrected chi connectivity index (χ1v) is 9.10. The number of carbonyl (C=O) groups excluding carboxylic acids is 1. The zero-order valence-electron chi connectivity index (χ0n) is 15.2. The summed E-state index contributed by atoms with van der Waals surface area (Å²) in [5.41, 5.74) is 1.96. The van der Waals surface area contributed by atoms with E-state index in [9.17, 15) is 4.79 Å². The third-order valence-corrected chi connectivity index (χ3v) is 5.22. The molecule has 2 unspecified atom stereocenters. The summed E-state index contributed by atoms with van der Waals surface area (Å²) in [6.07, 6.45) is 0. The molecule has 2 aliphatic rings. The van der Waals surface area contributed by atoms with Crippen LogP contribution in [-0.4, -0.2) is 47.7 Å². The first-order valence-electron chi connectivity index (χ1n) is 9.10. The molecule has 2 aliphatic heterocycles. The van der Waals surface area contributed by atoms with E-state index >= 15 is 0 Å². The first kappa shape index (κ1) is 16.9. The number of fused-ring (bicyclic) bond motifs is 1. The summed E-state index contributed by atoms with van der Waals surface area (Å²) in [6, 6.07) is 16.5. The minimum atomic E-state index is 0.0568. The van der Waals surface area contributed by atoms with Gasteiger partial charge in [-0.2, -0.15) is 0 Å². The minimum Gasteiger partial charge on any atom is -0.454 e. The summed E-state index contributed by atoms with van der Waals surface area (Å²) in [4.78, 5) is 17.4. The van der Waals surface area contributed by atoms with Gasteiger partial charge in [0.1, 0.15) is 0 Å². The predicted molar refractivity (Wildman–Crippen MR) is 99.4 cm³/mol. The second-order valence-corrected chi connectivity index (χ2v) is 7.13. The van der Waals surface area contributed by atoms with Crippen LogP contribution in [0.25, 0.3) is 0 Å². The van der Waals surface area contributed by atoms with E-state index in [0.29, 0.717) is 29.1 Å². The second-order valence-electron chi connectivity index (χ2n) is 7.13. The molecule has 5 nitrogen and oxygen atoms in total. The van der Waals surface area contributed by atoms with Crippen molar-refractivity contribution in [1.29, 1.82) is 0 Å². The lowest BCUT2D eigenvalue weighted by molar-refractivity contribution is 0.0269. The number of carbonyl (C=O) groups is 1. The van der Waals surface area contributed by atoms with E-state index in [2.05, 4.69) is 43.0 Å². The fourth-order valence-electron chi connectivity index (χ4n) is 3.84. The molecular formula is C21H24N2O3. The van der Waals surface area contributed by atoms with Gasteiger partial charge in [-0.15, -0.1) is 0 Å². The minimum absolute atomic E-state index is 0.0568. The first-order chi connectivity index (χ1) is 12.6. The summed E-state index contributed by atoms with van der Waals surface area (Å²) >= 11 is 0. The van der Waals surface area contributed by atoms with Gasteiger partial charge in [-0.05, 0) is 37.6 Å². The van der Waals surface area contributed by atoms with E-state index in [1.54, 1.807) is 6.07 Å². The van der Waals surface area contributed by atoms with Gasteiger partial charge >= 0.3 is 0 Å². The van der Waals surface area contributed by atoms with Crippen LogP contribution < -0.4 is 9.47 Å². The Labute approximate surface area is 154 Å². The average Bonchev–Trinajstić information content (AvgIpc) is 3.12. The van der Waals surface area contributed by atoms with Gasteiger partial charge in [-0.3, -0.25) is 9.69 Å². The van der Waals surface area contributed by atoms with Gasteiger partial charge in [0.05, 0.1) is 0 Å². The molecular weight excluding hydrogens is 328 g/mol. The predicted octanol–water partition coefficient (Wildman–Crippen LogP) is 3.15. The molecule has 0 spiro atoms. The van der Waals surface area contributed by atoms with Crippen molar-refractivity contribution in [3.05, 3.63) is 59.7 Å². The lowest BCUT2D eigenvalue weighted by atomic mass is 10.0. The van der Waals surface area contributed by atoms with Gasteiger partial charge in [0, 0.05) is 37.3 Å². The van der Waals surface area contributed by atoms with Gasteiger partial charge in [0.25, 0.3) is 5.91 Å². The van der Waals surface area contributed by atoms with E-state index in [-0.39, 0.29) is 12.7 Å². The molecule has 0 saturated carbocycles. The number of nitrogens with zero attached hydrogens (tertiary/aromatic N) is 2. The van der Waals surface area contributed by atoms with E-state index in [0.717, 1.165) is 19.6 Å². The standard InChI is InChI=1S/C21H24N2O3/c1-15-11-22(12-16(2)23(15)13-17-6-4-3-5-7-17)21(24)18-8-9-19-20(10-18)26-14-25-19/h3-10,15-16H,11-14H2,1-2H3. The highest BCUT2D eigenvalue weighted by Crippen LogP contribution is 2.33. The van der Waals surface area contributed by atoms with E-state index in [4.69, 9.17) is 9.47 Å². The summed E-state index contributed by atoms with van der Waals surface area (Å²) in [7, 11) is 0. The van der Waals surface area contributed by atoms with Crippen LogP contribution >= 0.6 is 0 Å². The quantitative estimate of drug-likeness (QED) is 0.851. The molecule has 26 heavy (non-hydrogen) atoms. The Kier molecular flexibility index (Phi) is 4.55. The maximum absolute atomic E-state index is 13.0. The molecule has 1 amide bonds. The van der Waals surface area contributed by atoms with Crippen molar-refractivity contribution in [2.45, 2.75) is 32.5 Å². The summed E-state index contributed by atoms with van der Waals surface area (Å²) in [5.74, 6) is 1.41. The van der Waals surface area contributed by atoms with E-state index < -0.39 is 0 Å². The lowest BCUT2D eigenvalue weighted by Crippen LogP contribution is -2.57. The molecule has 2 heterocycles. The molecule has 1 saturated heterocycles. The smallest absolute Gasteiger partial charge is 0.254 e. The van der Waals surface area contributed by atoms with Crippen molar-refractivity contribution in [2.75, 3.05) is 19.9 Å². The molecule has 0 N–H and O–H groups in total. The molecule has 2 aromatic rings. The number of benzene rings is 2. The van der Waals surface area contributed by atoms with Crippen LogP contribution in [0.2, 0.25) is 0 Å². The number of hydrogen-bond donors (Lipinski definition) is 0. The molecule has 4 rings (SSSR count). The van der Waals surface area contributed by atoms with E-state index in [1.807, 2.05) is 23.1 Å². The number of ether oxygens (including phenoxy) is 2. The molecule has 136 valence electrons. The number of rotatable bonds is 3. The Bertz CT molecular complexity index is 781. The highest BCUT2D eigenvalue weighted by molar-refractivity contribution is 5.95. The van der Waals surface area contributed by atoms with Crippen LogP contribution in [0.1, 0.15) is 29.8 Å². The van der Waals surface area contributed by atoms with Crippen molar-refractivity contribution in [1.82, 2.24) is 9.80 Å². The van der Waals surface area contributed by atoms with Crippen LogP contribution in [0, 0.1) is 0 Å². The van der Waals surface area contributed by atoms with Crippen molar-refractivity contribution in [3.8, 4) is 11.5 Å². The lowest BCUT2D eigenvalue weighted by Gasteiger charge is -2.44. The zero-order chi connectivity index (χ0) is 18.1. The fraction of sp³-hybridized carbons (Fsp3) is 0.381. The zero-order valence-corrected chi connectivity index (χ0v) is 15.2. The van der Waals surface area contributed by atoms with Crippen molar-refractivity contribution in [3.63, 3.8) is 0 Å². The normalized spacial score (nSPS) is 22.5. The number of piperazine rings is 1. The Balaban J connectivity index is 1.46. The maximum Gasteiger partial charge on any atom is 0.254 e. The third kappa shape index (κ3) is 3.27. The van der Waals surface area contributed by atoms with Crippen molar-refractivity contribution in [2.24, 2.45) is 0 Å². The highest BCUT2D eigenvalue weighted by atomic mass is 16.7. The van der Waals surface area contributed by atoms with Gasteiger partial charge in [0.15, 0.2) is 11.5 Å². The Hall–Kier alpha value is -2.53. The van der Waals surface area contributed by atoms with Crippen LogP contribution in [-0.2, 0) is 6.54 Å². The molecule has 1 fully saturated rings. The Morgan fingerprint density at radius 2 is 1.69 bits per heavy atom. The van der Waals surface area contributed by atoms with Crippen LogP contribution in [0.15, 0.2) is 48.5 Å².